The molecule has 26 N–H and O–H groups in total. The van der Waals surface area contributed by atoms with Crippen LogP contribution in [0.1, 0.15) is 102 Å². The number of carboxylic acids is 1. The van der Waals surface area contributed by atoms with Crippen LogP contribution in [0, 0.1) is 0 Å². The first-order valence-electron chi connectivity index (χ1n) is 39.4. The number of carboxylic acid groups (broad SMARTS) is 1. The van der Waals surface area contributed by atoms with Crippen LogP contribution >= 0.6 is 23.2 Å². The summed E-state index contributed by atoms with van der Waals surface area (Å²) in [4.78, 5) is 41.0. The molecular formula is C83H90Cl2N8O34. The standard InChI is InChI=1S/C83H90Cl2N8O34/c1-28-61(100)43(86)25-52(118-28)125-72-34-10-17-47(42(85)20-34)122-49-22-35-21-48(73(49)127-83-70(109)67(106)64(103)51(27-95)124-83)120-37-13-6-31(7-14-37)71(126-82-69(108)66(105)63(102)50(26-94)123-82)59(92-74(110)54(87-3)30-4-11-38(12-5-30)121-81-68(107)65(104)62(101)29(2)119-81)78(114)89-56(33-9-16-45(98)41(84)19-33)75(111)90-57(35)77(113)88-55-32-8-15-44(97)39(18-32)53-40(23-36(96)24-46(53)99)58(80(116)117)91-79(115)60(72)93-76(55)112/h4-24,28-29,43,50-52,54-72,81-83,87,94-109H,25-27,86H2,1-3H3,(H,88,113)(H,89,114)(H,90,111)(H,91,115)(H,92,110)(H,93,112)(H,116,117). The van der Waals surface area contributed by atoms with E-state index in [1.165, 1.54) is 81.6 Å². The molecule has 11 bridgehead atoms. The molecule has 42 nitrogen and oxygen atoms in total. The fraction of sp³-hybridized carbons (Fsp3) is 0.410. The van der Waals surface area contributed by atoms with Gasteiger partial charge in [0.15, 0.2) is 60.3 Å². The number of halogens is 2. The number of phenolic OH excluding ortho intramolecular Hbond substituents is 4. The van der Waals surface area contributed by atoms with Crippen molar-refractivity contribution in [3.63, 3.8) is 0 Å². The topological polar surface area (TPSA) is 687 Å². The van der Waals surface area contributed by atoms with Gasteiger partial charge in [-0.05, 0) is 133 Å². The Balaban J connectivity index is 1.04. The lowest BCUT2D eigenvalue weighted by Gasteiger charge is -2.41. The molecule has 7 aromatic carbocycles. The molecule has 0 spiro atoms. The highest BCUT2D eigenvalue weighted by Gasteiger charge is 2.50. The number of likely N-dealkylation sites (N-methyl/N-ethyl adjacent to an activating group) is 1. The van der Waals surface area contributed by atoms with Crippen LogP contribution in [-0.4, -0.2) is 308 Å². The van der Waals surface area contributed by atoms with Crippen LogP contribution in [0.25, 0.3) is 11.1 Å². The van der Waals surface area contributed by atoms with Crippen molar-refractivity contribution < 1.29 is 170 Å². The van der Waals surface area contributed by atoms with Gasteiger partial charge in [-0.2, -0.15) is 0 Å². The molecule has 9 aliphatic heterocycles. The van der Waals surface area contributed by atoms with Gasteiger partial charge in [0.1, 0.15) is 126 Å². The molecule has 0 radical (unpaired) electrons. The summed E-state index contributed by atoms with van der Waals surface area (Å²) >= 11 is 14.0. The van der Waals surface area contributed by atoms with Crippen molar-refractivity contribution in [2.45, 2.75) is 191 Å². The monoisotopic (exact) mass is 1810 g/mol. The number of aliphatic carboxylic acids is 1. The SMILES string of the molecule is CNC(C(O)=NC1C(O)=NC(c2ccc(O)c(Cl)c2)C(O)=NC2C(O)=NC3C(O)=NC(C(O)=NC(C(=O)O)c4cc(O)cc(O)c4-c4cc3ccc4O)C(OC3CC(N)C(O)C(C)O3)c3ccc(c(Cl)c3)Oc3cc2cc(c3OC2OC(CO)C(O)C(O)C2O)Oc2ccc(cc2)C1OC1OC(CO)C(O)C(O)C1O)c1ccc(OC2OC(C)C(O)C(O)C2O)cc1. The molecule has 28 atom stereocenters. The summed E-state index contributed by atoms with van der Waals surface area (Å²) in [6.07, 6.45) is -36.1. The number of nitrogens with zero attached hydrogens (tertiary/aromatic N) is 6. The van der Waals surface area contributed by atoms with E-state index in [1.54, 1.807) is 0 Å². The van der Waals surface area contributed by atoms with Crippen molar-refractivity contribution in [3.8, 4) is 68.6 Å². The predicted molar refractivity (Wildman–Crippen MR) is 441 cm³/mol. The molecule has 0 amide bonds. The third-order valence-corrected chi connectivity index (χ3v) is 23.0. The number of aliphatic hydroxyl groups is 18. The number of benzene rings is 7. The van der Waals surface area contributed by atoms with E-state index < -0.39 is 304 Å². The first kappa shape index (κ1) is 92.2. The number of nitrogens with one attached hydrogen (secondary N) is 1. The normalized spacial score (nSPS) is 32.7. The van der Waals surface area contributed by atoms with Gasteiger partial charge in [-0.15, -0.1) is 0 Å². The zero-order chi connectivity index (χ0) is 91.3. The molecule has 680 valence electrons. The molecule has 7 aromatic rings. The third kappa shape index (κ3) is 19.0. The third-order valence-electron chi connectivity index (χ3n) is 22.4. The highest BCUT2D eigenvalue weighted by molar-refractivity contribution is 6.32. The summed E-state index contributed by atoms with van der Waals surface area (Å²) in [5, 5.41) is 270. The van der Waals surface area contributed by atoms with Crippen molar-refractivity contribution in [1.29, 1.82) is 0 Å². The maximum atomic E-state index is 13.7. The fourth-order valence-corrected chi connectivity index (χ4v) is 15.9. The number of fused-ring (bicyclic) bond motifs is 12. The Kier molecular flexibility index (Phi) is 27.7. The maximum Gasteiger partial charge on any atom is 0.333 e. The quantitative estimate of drug-likeness (QED) is 0.0487. The number of hydrogen-bond acceptors (Lipinski definition) is 35. The molecule has 9 aliphatic rings. The van der Waals surface area contributed by atoms with E-state index >= 15 is 0 Å². The van der Waals surface area contributed by atoms with Crippen molar-refractivity contribution in [2.75, 3.05) is 20.3 Å². The summed E-state index contributed by atoms with van der Waals surface area (Å²) in [6, 6.07) is 7.32. The lowest BCUT2D eigenvalue weighted by Crippen LogP contribution is -2.60. The number of rotatable bonds is 16. The number of ether oxygens (including phenoxy) is 10. The number of nitrogens with two attached hydrogens (primary N) is 1. The number of hydrogen-bond donors (Lipinski definition) is 25. The second-order valence-electron chi connectivity index (χ2n) is 30.9. The summed E-state index contributed by atoms with van der Waals surface area (Å²) < 4.78 is 62.5. The van der Waals surface area contributed by atoms with E-state index in [0.717, 1.165) is 66.7 Å². The Hall–Kier alpha value is -11.0. The number of aliphatic imine (C=N–C) groups is 6. The molecule has 28 unspecified atom stereocenters. The van der Waals surface area contributed by atoms with Crippen LogP contribution in [0.2, 0.25) is 10.0 Å². The van der Waals surface area contributed by atoms with Gasteiger partial charge in [-0.3, -0.25) is 0 Å². The molecule has 0 aliphatic carbocycles. The Bertz CT molecular complexity index is 5370. The van der Waals surface area contributed by atoms with Crippen molar-refractivity contribution >= 4 is 64.6 Å². The number of phenols is 4. The summed E-state index contributed by atoms with van der Waals surface area (Å²) in [5.74, 6) is -15.1. The Morgan fingerprint density at radius 3 is 1.65 bits per heavy atom. The summed E-state index contributed by atoms with van der Waals surface area (Å²) in [5.41, 5.74) is 3.39. The fourth-order valence-electron chi connectivity index (χ4n) is 15.4. The van der Waals surface area contributed by atoms with Gasteiger partial charge in [-0.1, -0.05) is 65.7 Å². The maximum absolute atomic E-state index is 13.7. The van der Waals surface area contributed by atoms with Crippen LogP contribution in [0.3, 0.4) is 0 Å². The smallest absolute Gasteiger partial charge is 0.333 e. The van der Waals surface area contributed by atoms with Crippen molar-refractivity contribution in [3.05, 3.63) is 176 Å². The van der Waals surface area contributed by atoms with E-state index in [2.05, 4.69) is 35.3 Å². The van der Waals surface area contributed by atoms with Crippen LogP contribution in [0.15, 0.2) is 157 Å². The zero-order valence-corrected chi connectivity index (χ0v) is 68.2. The summed E-state index contributed by atoms with van der Waals surface area (Å²) in [7, 11) is 1.37. The average molecular weight is 1810 g/mol. The minimum absolute atomic E-state index is 0.0226. The van der Waals surface area contributed by atoms with Crippen molar-refractivity contribution in [1.82, 2.24) is 5.32 Å². The van der Waals surface area contributed by atoms with E-state index in [1.807, 2.05) is 0 Å². The predicted octanol–water partition coefficient (Wildman–Crippen LogP) is 3.32. The lowest BCUT2D eigenvalue weighted by atomic mass is 9.90. The summed E-state index contributed by atoms with van der Waals surface area (Å²) in [6.45, 7) is 0.864. The number of carbonyl (C=O) groups is 1. The van der Waals surface area contributed by atoms with Crippen molar-refractivity contribution in [2.24, 2.45) is 35.7 Å². The van der Waals surface area contributed by atoms with Gasteiger partial charge >= 0.3 is 5.97 Å². The largest absolute Gasteiger partial charge is 0.508 e. The second-order valence-corrected chi connectivity index (χ2v) is 31.7. The molecular weight excluding hydrogens is 1720 g/mol. The molecule has 127 heavy (non-hydrogen) atoms. The zero-order valence-electron chi connectivity index (χ0n) is 66.7. The molecule has 0 saturated carbocycles. The first-order chi connectivity index (χ1) is 60.4. The minimum atomic E-state index is -2.45. The molecule has 4 saturated heterocycles. The first-order valence-corrected chi connectivity index (χ1v) is 40.1. The molecule has 4 fully saturated rings. The number of aromatic hydroxyl groups is 4. The van der Waals surface area contributed by atoms with E-state index in [-0.39, 0.29) is 45.7 Å². The molecule has 16 rings (SSSR count). The molecule has 0 aromatic heterocycles. The average Bonchev–Trinajstić information content (AvgIpc) is 0.764. The minimum Gasteiger partial charge on any atom is -0.508 e. The van der Waals surface area contributed by atoms with Gasteiger partial charge in [0.2, 0.25) is 53.7 Å². The molecule has 9 heterocycles. The van der Waals surface area contributed by atoms with Crippen LogP contribution in [-0.2, 0) is 33.2 Å². The molecule has 44 heteroatoms. The van der Waals surface area contributed by atoms with E-state index in [9.17, 15) is 122 Å². The van der Waals surface area contributed by atoms with Crippen LogP contribution < -0.4 is 30.0 Å². The van der Waals surface area contributed by atoms with Crippen LogP contribution in [0.4, 0.5) is 0 Å². The second kappa shape index (κ2) is 38.1. The number of aliphatic hydroxyl groups excluding tert-OH is 18. The van der Waals surface area contributed by atoms with E-state index in [4.69, 9.17) is 76.3 Å². The van der Waals surface area contributed by atoms with E-state index in [0.29, 0.717) is 0 Å². The Labute approximate surface area is 728 Å². The van der Waals surface area contributed by atoms with Crippen LogP contribution in [0.5, 0.6) is 57.5 Å². The van der Waals surface area contributed by atoms with Gasteiger partial charge in [0, 0.05) is 35.2 Å². The highest BCUT2D eigenvalue weighted by atomic mass is 35.5. The van der Waals surface area contributed by atoms with Gasteiger partial charge in [0.05, 0.1) is 41.6 Å². The van der Waals surface area contributed by atoms with Gasteiger partial charge in [0.25, 0.3) is 0 Å². The lowest BCUT2D eigenvalue weighted by molar-refractivity contribution is -0.312. The highest BCUT2D eigenvalue weighted by Crippen LogP contribution is 2.51. The van der Waals surface area contributed by atoms with Gasteiger partial charge in [-0.25, -0.2) is 34.7 Å². The van der Waals surface area contributed by atoms with Gasteiger partial charge < -0.3 is 176 Å². The Morgan fingerprint density at radius 2 is 1.05 bits per heavy atom. The Morgan fingerprint density at radius 1 is 0.504 bits per heavy atom.